The van der Waals surface area contributed by atoms with Crippen LogP contribution in [0, 0.1) is 0 Å². The molecule has 1 aliphatic rings. The minimum atomic E-state index is -2.55. The number of hydrogen-bond donors (Lipinski definition) is 0. The van der Waals surface area contributed by atoms with Gasteiger partial charge in [-0.2, -0.15) is 0 Å². The van der Waals surface area contributed by atoms with E-state index in [1.165, 1.54) is 0 Å². The molecular weight excluding hydrogens is 234 g/mol. The second kappa shape index (κ2) is 3.88. The summed E-state index contributed by atoms with van der Waals surface area (Å²) < 4.78 is 30.6. The van der Waals surface area contributed by atoms with E-state index in [9.17, 15) is 8.78 Å². The van der Waals surface area contributed by atoms with Crippen LogP contribution in [0.25, 0.3) is 0 Å². The molecule has 0 saturated heterocycles. The van der Waals surface area contributed by atoms with Crippen LogP contribution in [0.3, 0.4) is 0 Å². The van der Waals surface area contributed by atoms with Crippen LogP contribution in [0.2, 0.25) is 0 Å². The number of alkyl halides is 3. The summed E-state index contributed by atoms with van der Waals surface area (Å²) >= 11 is 5.62. The maximum absolute atomic E-state index is 12.5. The Labute approximate surface area is 98.4 Å². The normalized spacial score (nSPS) is 19.4. The van der Waals surface area contributed by atoms with Gasteiger partial charge in [-0.05, 0) is 31.0 Å². The smallest absolute Gasteiger partial charge is 0.258 e. The van der Waals surface area contributed by atoms with Gasteiger partial charge in [-0.3, -0.25) is 0 Å². The van der Waals surface area contributed by atoms with Crippen molar-refractivity contribution < 1.29 is 13.5 Å². The molecule has 0 aliphatic carbocycles. The van der Waals surface area contributed by atoms with Crippen molar-refractivity contribution >= 4 is 11.6 Å². The average Bonchev–Trinajstić information content (AvgIpc) is 2.48. The first kappa shape index (κ1) is 11.6. The lowest BCUT2D eigenvalue weighted by Gasteiger charge is -2.16. The fraction of sp³-hybridized carbons (Fsp3) is 0.500. The van der Waals surface area contributed by atoms with Crippen molar-refractivity contribution in [3.63, 3.8) is 0 Å². The van der Waals surface area contributed by atoms with Crippen LogP contribution in [0.5, 0.6) is 5.75 Å². The zero-order valence-electron chi connectivity index (χ0n) is 9.14. The van der Waals surface area contributed by atoms with Gasteiger partial charge in [0.1, 0.15) is 16.7 Å². The number of fused-ring (bicyclic) bond motifs is 1. The highest BCUT2D eigenvalue weighted by Gasteiger charge is 2.31. The maximum Gasteiger partial charge on any atom is 0.258 e. The van der Waals surface area contributed by atoms with Crippen molar-refractivity contribution in [1.29, 1.82) is 0 Å². The summed E-state index contributed by atoms with van der Waals surface area (Å²) in [4.78, 5) is 0. The first-order valence-corrected chi connectivity index (χ1v) is 5.57. The molecule has 1 heterocycles. The molecule has 0 N–H and O–H groups in total. The summed E-state index contributed by atoms with van der Waals surface area (Å²) in [5.74, 6) is 0.770. The van der Waals surface area contributed by atoms with Gasteiger partial charge >= 0.3 is 0 Å². The zero-order chi connectivity index (χ0) is 11.9. The van der Waals surface area contributed by atoms with Crippen LogP contribution in [-0.2, 0) is 6.42 Å². The SMILES string of the molecule is CC1(C)Cc2cc(C(Cl)C(F)F)ccc2O1. The molecule has 1 unspecified atom stereocenters. The lowest BCUT2D eigenvalue weighted by atomic mass is 9.99. The quantitative estimate of drug-likeness (QED) is 0.718. The highest BCUT2D eigenvalue weighted by atomic mass is 35.5. The van der Waals surface area contributed by atoms with Crippen LogP contribution in [0.1, 0.15) is 30.4 Å². The number of ether oxygens (including phenoxy) is 1. The lowest BCUT2D eigenvalue weighted by molar-refractivity contribution is 0.138. The van der Waals surface area contributed by atoms with E-state index in [0.717, 1.165) is 17.7 Å². The third-order valence-corrected chi connectivity index (χ3v) is 3.07. The third-order valence-electron chi connectivity index (χ3n) is 2.63. The molecule has 2 rings (SSSR count). The molecule has 1 aromatic carbocycles. The van der Waals surface area contributed by atoms with Crippen LogP contribution in [0.15, 0.2) is 18.2 Å². The standard InChI is InChI=1S/C12H13ClF2O/c1-12(2)6-8-5-7(10(13)11(14)15)3-4-9(8)16-12/h3-5,10-11H,6H2,1-2H3. The lowest BCUT2D eigenvalue weighted by Crippen LogP contribution is -2.24. The highest BCUT2D eigenvalue weighted by Crippen LogP contribution is 2.38. The Bertz CT molecular complexity index is 404. The molecular formula is C12H13ClF2O. The minimum Gasteiger partial charge on any atom is -0.487 e. The largest absolute Gasteiger partial charge is 0.487 e. The first-order chi connectivity index (χ1) is 7.39. The summed E-state index contributed by atoms with van der Waals surface area (Å²) in [6.07, 6.45) is -1.82. The first-order valence-electron chi connectivity index (χ1n) is 5.13. The van der Waals surface area contributed by atoms with E-state index < -0.39 is 11.8 Å². The molecule has 16 heavy (non-hydrogen) atoms. The van der Waals surface area contributed by atoms with Crippen molar-refractivity contribution in [3.8, 4) is 5.75 Å². The zero-order valence-corrected chi connectivity index (χ0v) is 9.89. The Morgan fingerprint density at radius 1 is 1.38 bits per heavy atom. The van der Waals surface area contributed by atoms with Crippen molar-refractivity contribution in [2.75, 3.05) is 0 Å². The van der Waals surface area contributed by atoms with Gasteiger partial charge in [0.2, 0.25) is 0 Å². The van der Waals surface area contributed by atoms with Gasteiger partial charge in [-0.25, -0.2) is 8.78 Å². The molecule has 0 bridgehead atoms. The van der Waals surface area contributed by atoms with Gasteiger partial charge < -0.3 is 4.74 Å². The Kier molecular flexibility index (Phi) is 2.82. The molecule has 0 saturated carbocycles. The second-order valence-corrected chi connectivity index (χ2v) is 5.11. The molecule has 88 valence electrons. The van der Waals surface area contributed by atoms with Crippen molar-refractivity contribution in [2.24, 2.45) is 0 Å². The van der Waals surface area contributed by atoms with E-state index in [-0.39, 0.29) is 5.60 Å². The molecule has 1 aromatic rings. The third kappa shape index (κ3) is 2.14. The van der Waals surface area contributed by atoms with Gasteiger partial charge in [-0.1, -0.05) is 12.1 Å². The number of benzene rings is 1. The molecule has 1 atom stereocenters. The second-order valence-electron chi connectivity index (χ2n) is 4.64. The molecule has 4 heteroatoms. The fourth-order valence-electron chi connectivity index (χ4n) is 1.95. The summed E-state index contributed by atoms with van der Waals surface area (Å²) in [6, 6.07) is 5.04. The maximum atomic E-state index is 12.5. The van der Waals surface area contributed by atoms with Crippen molar-refractivity contribution in [2.45, 2.75) is 37.7 Å². The Hall–Kier alpha value is -0.830. The van der Waals surface area contributed by atoms with E-state index >= 15 is 0 Å². The minimum absolute atomic E-state index is 0.256. The molecule has 0 radical (unpaired) electrons. The topological polar surface area (TPSA) is 9.23 Å². The van der Waals surface area contributed by atoms with Crippen LogP contribution >= 0.6 is 11.6 Å². The van der Waals surface area contributed by atoms with Crippen LogP contribution in [0.4, 0.5) is 8.78 Å². The number of halogens is 3. The van der Waals surface area contributed by atoms with Gasteiger partial charge in [0, 0.05) is 6.42 Å². The van der Waals surface area contributed by atoms with Gasteiger partial charge in [-0.15, -0.1) is 11.6 Å². The van der Waals surface area contributed by atoms with Gasteiger partial charge in [0.25, 0.3) is 6.43 Å². The summed E-state index contributed by atoms with van der Waals surface area (Å²) in [5, 5.41) is -1.24. The van der Waals surface area contributed by atoms with Crippen LogP contribution < -0.4 is 4.74 Å². The van der Waals surface area contributed by atoms with E-state index in [0.29, 0.717) is 5.56 Å². The predicted molar refractivity (Wildman–Crippen MR) is 59.5 cm³/mol. The number of rotatable bonds is 2. The summed E-state index contributed by atoms with van der Waals surface area (Å²) in [5.41, 5.74) is 1.15. The molecule has 1 nitrogen and oxygen atoms in total. The summed E-state index contributed by atoms with van der Waals surface area (Å²) in [7, 11) is 0. The molecule has 0 fully saturated rings. The van der Waals surface area contributed by atoms with Gasteiger partial charge in [0.15, 0.2) is 0 Å². The van der Waals surface area contributed by atoms with Crippen molar-refractivity contribution in [1.82, 2.24) is 0 Å². The fourth-order valence-corrected chi connectivity index (χ4v) is 2.08. The molecule has 1 aliphatic heterocycles. The van der Waals surface area contributed by atoms with E-state index in [2.05, 4.69) is 0 Å². The number of hydrogen-bond acceptors (Lipinski definition) is 1. The molecule has 0 amide bonds. The van der Waals surface area contributed by atoms with E-state index in [1.54, 1.807) is 18.2 Å². The van der Waals surface area contributed by atoms with E-state index in [4.69, 9.17) is 16.3 Å². The monoisotopic (exact) mass is 246 g/mol. The average molecular weight is 247 g/mol. The van der Waals surface area contributed by atoms with Gasteiger partial charge in [0.05, 0.1) is 0 Å². The Balaban J connectivity index is 2.29. The Morgan fingerprint density at radius 2 is 2.06 bits per heavy atom. The van der Waals surface area contributed by atoms with Crippen LogP contribution in [-0.4, -0.2) is 12.0 Å². The predicted octanol–water partition coefficient (Wildman–Crippen LogP) is 3.95. The Morgan fingerprint density at radius 3 is 2.69 bits per heavy atom. The highest BCUT2D eigenvalue weighted by molar-refractivity contribution is 6.21. The molecule has 0 spiro atoms. The molecule has 0 aromatic heterocycles. The summed E-state index contributed by atoms with van der Waals surface area (Å²) in [6.45, 7) is 3.94. The van der Waals surface area contributed by atoms with Crippen molar-refractivity contribution in [3.05, 3.63) is 29.3 Å². The van der Waals surface area contributed by atoms with E-state index in [1.807, 2.05) is 13.8 Å².